The molecule has 0 N–H and O–H groups in total. The van der Waals surface area contributed by atoms with Crippen LogP contribution < -0.4 is 4.90 Å². The second kappa shape index (κ2) is 6.61. The van der Waals surface area contributed by atoms with E-state index in [1.807, 2.05) is 0 Å². The largest absolute Gasteiger partial charge is 0.348 e. The maximum atomic E-state index is 11.6. The van der Waals surface area contributed by atoms with Crippen molar-refractivity contribution in [2.24, 2.45) is 5.92 Å². The fourth-order valence-corrected chi connectivity index (χ4v) is 4.71. The first-order valence-corrected chi connectivity index (χ1v) is 10.9. The summed E-state index contributed by atoms with van der Waals surface area (Å²) >= 11 is 1.75. The number of aromatic nitrogens is 1. The van der Waals surface area contributed by atoms with Crippen molar-refractivity contribution in [3.05, 3.63) is 23.3 Å². The zero-order valence-corrected chi connectivity index (χ0v) is 16.4. The van der Waals surface area contributed by atoms with Crippen molar-refractivity contribution in [1.29, 1.82) is 0 Å². The van der Waals surface area contributed by atoms with Crippen LogP contribution in [0.25, 0.3) is 10.2 Å². The number of hydrogen-bond acceptors (Lipinski definition) is 5. The number of fused-ring (bicyclic) bond motifs is 1. The molecule has 0 radical (unpaired) electrons. The lowest BCUT2D eigenvalue weighted by Gasteiger charge is -2.33. The van der Waals surface area contributed by atoms with Gasteiger partial charge in [0.15, 0.2) is 5.13 Å². The molecular formula is C17H25N3O2S2. The van der Waals surface area contributed by atoms with Crippen LogP contribution in [0.1, 0.15) is 24.0 Å². The summed E-state index contributed by atoms with van der Waals surface area (Å²) in [6.45, 7) is 6.76. The highest BCUT2D eigenvalue weighted by Gasteiger charge is 2.24. The first-order valence-electron chi connectivity index (χ1n) is 8.28. The van der Waals surface area contributed by atoms with Gasteiger partial charge in [0.1, 0.15) is 0 Å². The van der Waals surface area contributed by atoms with E-state index < -0.39 is 10.0 Å². The van der Waals surface area contributed by atoms with Crippen LogP contribution in [-0.2, 0) is 10.0 Å². The lowest BCUT2D eigenvalue weighted by molar-refractivity contribution is 0.329. The molecule has 2 heterocycles. The van der Waals surface area contributed by atoms with Crippen LogP contribution in [0.2, 0.25) is 0 Å². The maximum Gasteiger partial charge on any atom is 0.210 e. The number of thiazole rings is 1. The van der Waals surface area contributed by atoms with E-state index in [9.17, 15) is 8.42 Å². The minimum Gasteiger partial charge on any atom is -0.348 e. The number of sulfonamides is 1. The molecule has 1 aliphatic rings. The zero-order valence-electron chi connectivity index (χ0n) is 14.7. The minimum atomic E-state index is -3.08. The first kappa shape index (κ1) is 17.6. The third kappa shape index (κ3) is 3.58. The average molecular weight is 368 g/mol. The molecule has 0 atom stereocenters. The van der Waals surface area contributed by atoms with Gasteiger partial charge >= 0.3 is 0 Å². The normalized spacial score (nSPS) is 17.1. The second-order valence-corrected chi connectivity index (χ2v) is 9.92. The summed E-state index contributed by atoms with van der Waals surface area (Å²) in [7, 11) is -1.42. The number of rotatable bonds is 4. The Kier molecular flexibility index (Phi) is 4.86. The highest BCUT2D eigenvalue weighted by atomic mass is 32.2. The van der Waals surface area contributed by atoms with E-state index in [0.717, 1.165) is 36.6 Å². The van der Waals surface area contributed by atoms with Gasteiger partial charge in [-0.2, -0.15) is 0 Å². The smallest absolute Gasteiger partial charge is 0.210 e. The zero-order chi connectivity index (χ0) is 17.5. The molecule has 5 nitrogen and oxygen atoms in total. The Morgan fingerprint density at radius 3 is 2.58 bits per heavy atom. The number of aryl methyl sites for hydroxylation is 2. The molecule has 1 fully saturated rings. The molecule has 3 rings (SSSR count). The quantitative estimate of drug-likeness (QED) is 0.833. The van der Waals surface area contributed by atoms with E-state index in [1.54, 1.807) is 18.4 Å². The summed E-state index contributed by atoms with van der Waals surface area (Å²) in [5.74, 6) is 0.430. The molecule has 0 amide bonds. The van der Waals surface area contributed by atoms with E-state index in [-0.39, 0.29) is 0 Å². The molecule has 7 heteroatoms. The third-order valence-corrected chi connectivity index (χ3v) is 7.40. The van der Waals surface area contributed by atoms with Gasteiger partial charge in [-0.1, -0.05) is 17.4 Å². The third-order valence-electron chi connectivity index (χ3n) is 5.04. The Morgan fingerprint density at radius 2 is 1.96 bits per heavy atom. The standard InChI is InChI=1S/C17H25N3O2S2/c1-12-5-6-15-16(13(12)2)18-17(23-15)20-9-7-14(8-10-20)11-19(3)24(4,21)22/h5-6,14H,7-11H2,1-4H3. The molecular weight excluding hydrogens is 342 g/mol. The Hall–Kier alpha value is -1.18. The van der Waals surface area contributed by atoms with Crippen LogP contribution in [0.3, 0.4) is 0 Å². The lowest BCUT2D eigenvalue weighted by Crippen LogP contribution is -2.39. The summed E-state index contributed by atoms with van der Waals surface area (Å²) in [4.78, 5) is 7.20. The maximum absolute atomic E-state index is 11.6. The fourth-order valence-electron chi connectivity index (χ4n) is 3.16. The van der Waals surface area contributed by atoms with Crippen molar-refractivity contribution in [3.8, 4) is 0 Å². The summed E-state index contributed by atoms with van der Waals surface area (Å²) in [6, 6.07) is 4.32. The number of piperidine rings is 1. The molecule has 0 spiro atoms. The first-order chi connectivity index (χ1) is 11.3. The number of hydrogen-bond donors (Lipinski definition) is 0. The van der Waals surface area contributed by atoms with E-state index in [4.69, 9.17) is 4.98 Å². The molecule has 1 saturated heterocycles. The highest BCUT2D eigenvalue weighted by Crippen LogP contribution is 2.33. The van der Waals surface area contributed by atoms with Crippen LogP contribution in [-0.4, -0.2) is 50.6 Å². The van der Waals surface area contributed by atoms with Crippen molar-refractivity contribution in [1.82, 2.24) is 9.29 Å². The molecule has 0 saturated carbocycles. The molecule has 132 valence electrons. The van der Waals surface area contributed by atoms with Gasteiger partial charge in [0.05, 0.1) is 16.5 Å². The van der Waals surface area contributed by atoms with Crippen LogP contribution in [0.5, 0.6) is 0 Å². The van der Waals surface area contributed by atoms with Gasteiger partial charge < -0.3 is 4.90 Å². The molecule has 0 unspecified atom stereocenters. The minimum absolute atomic E-state index is 0.430. The van der Waals surface area contributed by atoms with Crippen LogP contribution in [0.15, 0.2) is 12.1 Å². The molecule has 2 aromatic rings. The SMILES string of the molecule is Cc1ccc2sc(N3CCC(CN(C)S(C)(=O)=O)CC3)nc2c1C. The Morgan fingerprint density at radius 1 is 1.29 bits per heavy atom. The van der Waals surface area contributed by atoms with Crippen molar-refractivity contribution in [2.45, 2.75) is 26.7 Å². The molecule has 0 aliphatic carbocycles. The van der Waals surface area contributed by atoms with Crippen LogP contribution in [0.4, 0.5) is 5.13 Å². The topological polar surface area (TPSA) is 53.5 Å². The van der Waals surface area contributed by atoms with Gasteiger partial charge in [-0.05, 0) is 49.8 Å². The average Bonchev–Trinajstić information content (AvgIpc) is 2.96. The predicted octanol–water partition coefficient (Wildman–Crippen LogP) is 3.02. The molecule has 1 aromatic carbocycles. The second-order valence-electron chi connectivity index (χ2n) is 6.82. The summed E-state index contributed by atoms with van der Waals surface area (Å²) < 4.78 is 25.8. The number of nitrogens with zero attached hydrogens (tertiary/aromatic N) is 3. The van der Waals surface area contributed by atoms with Crippen LogP contribution in [0, 0.1) is 19.8 Å². The lowest BCUT2D eigenvalue weighted by atomic mass is 9.97. The monoisotopic (exact) mass is 367 g/mol. The van der Waals surface area contributed by atoms with E-state index >= 15 is 0 Å². The van der Waals surface area contributed by atoms with E-state index in [2.05, 4.69) is 30.9 Å². The van der Waals surface area contributed by atoms with Crippen molar-refractivity contribution in [2.75, 3.05) is 37.8 Å². The predicted molar refractivity (Wildman–Crippen MR) is 102 cm³/mol. The van der Waals surface area contributed by atoms with E-state index in [1.165, 1.54) is 26.4 Å². The molecule has 0 bridgehead atoms. The van der Waals surface area contributed by atoms with Crippen molar-refractivity contribution >= 4 is 36.7 Å². The van der Waals surface area contributed by atoms with Gasteiger partial charge in [-0.15, -0.1) is 0 Å². The summed E-state index contributed by atoms with van der Waals surface area (Å²) in [5, 5.41) is 1.09. The molecule has 1 aromatic heterocycles. The van der Waals surface area contributed by atoms with E-state index in [0.29, 0.717) is 12.5 Å². The highest BCUT2D eigenvalue weighted by molar-refractivity contribution is 7.88. The summed E-state index contributed by atoms with van der Waals surface area (Å²) in [6.07, 6.45) is 3.29. The number of benzene rings is 1. The Bertz CT molecular complexity index is 837. The Balaban J connectivity index is 1.68. The van der Waals surface area contributed by atoms with Gasteiger partial charge in [0, 0.05) is 26.7 Å². The summed E-state index contributed by atoms with van der Waals surface area (Å²) in [5.41, 5.74) is 3.66. The van der Waals surface area contributed by atoms with Crippen LogP contribution >= 0.6 is 11.3 Å². The van der Waals surface area contributed by atoms with Gasteiger partial charge in [-0.3, -0.25) is 0 Å². The van der Waals surface area contributed by atoms with Gasteiger partial charge in [0.25, 0.3) is 0 Å². The van der Waals surface area contributed by atoms with Gasteiger partial charge in [-0.25, -0.2) is 17.7 Å². The molecule has 24 heavy (non-hydrogen) atoms. The Labute approximate surface area is 148 Å². The number of anilines is 1. The van der Waals surface area contributed by atoms with Crippen molar-refractivity contribution in [3.63, 3.8) is 0 Å². The van der Waals surface area contributed by atoms with Gasteiger partial charge in [0.2, 0.25) is 10.0 Å². The molecule has 1 aliphatic heterocycles. The van der Waals surface area contributed by atoms with Crippen molar-refractivity contribution < 1.29 is 8.42 Å². The fraction of sp³-hybridized carbons (Fsp3) is 0.588.